The maximum Gasteiger partial charge on any atom is 0.414 e. The molecule has 2 aliphatic heterocycles. The smallest absolute Gasteiger partial charge is 0.414 e. The summed E-state index contributed by atoms with van der Waals surface area (Å²) in [7, 11) is 0. The van der Waals surface area contributed by atoms with Gasteiger partial charge in [-0.15, -0.1) is 0 Å². The fraction of sp³-hybridized carbons (Fsp3) is 0.409. The van der Waals surface area contributed by atoms with Gasteiger partial charge in [0.15, 0.2) is 0 Å². The Hall–Kier alpha value is -3.28. The molecule has 2 saturated heterocycles. The first-order valence-corrected chi connectivity index (χ1v) is 10.8. The van der Waals surface area contributed by atoms with Gasteiger partial charge in [-0.05, 0) is 35.9 Å². The Morgan fingerprint density at radius 1 is 1.21 bits per heavy atom. The highest BCUT2D eigenvalue weighted by Gasteiger charge is 2.32. The normalized spacial score (nSPS) is 18.9. The van der Waals surface area contributed by atoms with E-state index in [4.69, 9.17) is 15.3 Å². The van der Waals surface area contributed by atoms with Crippen molar-refractivity contribution in [3.05, 3.63) is 54.1 Å². The average Bonchev–Trinajstić information content (AvgIpc) is 3.04. The van der Waals surface area contributed by atoms with Crippen molar-refractivity contribution in [2.75, 3.05) is 55.7 Å². The lowest BCUT2D eigenvalue weighted by molar-refractivity contribution is -0.180. The molecule has 3 heterocycles. The van der Waals surface area contributed by atoms with Crippen LogP contribution in [0, 0.1) is 5.82 Å². The topological polar surface area (TPSA) is 113 Å². The van der Waals surface area contributed by atoms with Crippen LogP contribution in [0.4, 0.5) is 20.6 Å². The fourth-order valence-electron chi connectivity index (χ4n) is 3.76. The summed E-state index contributed by atoms with van der Waals surface area (Å²) in [5.74, 6) is -0.654. The minimum Gasteiger partial charge on any atom is -0.443 e. The molecule has 4 rings (SSSR count). The molecule has 176 valence electrons. The summed E-state index contributed by atoms with van der Waals surface area (Å²) in [6.45, 7) is 2.55. The Morgan fingerprint density at radius 2 is 2.03 bits per heavy atom. The first-order chi connectivity index (χ1) is 16.0. The van der Waals surface area contributed by atoms with Crippen molar-refractivity contribution in [1.29, 1.82) is 0 Å². The Bertz CT molecular complexity index is 979. The number of anilines is 2. The Kier molecular flexibility index (Phi) is 7.33. The van der Waals surface area contributed by atoms with Crippen molar-refractivity contribution in [2.45, 2.75) is 12.6 Å². The lowest BCUT2D eigenvalue weighted by Crippen LogP contribution is -2.39. The number of benzene rings is 1. The zero-order chi connectivity index (χ0) is 23.2. The molecule has 2 aliphatic rings. The van der Waals surface area contributed by atoms with E-state index in [1.165, 1.54) is 16.0 Å². The lowest BCUT2D eigenvalue weighted by atomic mass is 10.2. The van der Waals surface area contributed by atoms with Gasteiger partial charge in [-0.25, -0.2) is 14.2 Å². The van der Waals surface area contributed by atoms with Gasteiger partial charge in [0.2, 0.25) is 0 Å². The molecular weight excluding hydrogens is 431 g/mol. The lowest BCUT2D eigenvalue weighted by Gasteiger charge is -2.24. The van der Waals surface area contributed by atoms with Crippen molar-refractivity contribution < 1.29 is 23.6 Å². The number of carbonyl (C=O) groups is 2. The van der Waals surface area contributed by atoms with E-state index in [0.717, 1.165) is 5.56 Å². The van der Waals surface area contributed by atoms with Crippen LogP contribution in [-0.2, 0) is 20.9 Å². The summed E-state index contributed by atoms with van der Waals surface area (Å²) in [6.07, 6.45) is 2.47. The van der Waals surface area contributed by atoms with E-state index >= 15 is 0 Å². The van der Waals surface area contributed by atoms with Gasteiger partial charge in [0.05, 0.1) is 37.6 Å². The molecule has 33 heavy (non-hydrogen) atoms. The van der Waals surface area contributed by atoms with Crippen molar-refractivity contribution in [2.24, 2.45) is 5.73 Å². The zero-order valence-corrected chi connectivity index (χ0v) is 18.2. The maximum absolute atomic E-state index is 14.9. The van der Waals surface area contributed by atoms with Crippen LogP contribution in [0.1, 0.15) is 5.56 Å². The summed E-state index contributed by atoms with van der Waals surface area (Å²) >= 11 is 0. The van der Waals surface area contributed by atoms with Crippen LogP contribution in [0.2, 0.25) is 0 Å². The number of nitrogens with zero attached hydrogens (tertiary/aromatic N) is 4. The van der Waals surface area contributed by atoms with Crippen molar-refractivity contribution in [3.8, 4) is 0 Å². The third-order valence-corrected chi connectivity index (χ3v) is 5.53. The summed E-state index contributed by atoms with van der Waals surface area (Å²) in [4.78, 5) is 37.2. The number of hydrogen-bond acceptors (Lipinski definition) is 8. The van der Waals surface area contributed by atoms with E-state index < -0.39 is 18.0 Å². The molecule has 0 radical (unpaired) electrons. The van der Waals surface area contributed by atoms with Gasteiger partial charge in [-0.1, -0.05) is 0 Å². The number of carbonyl (C=O) groups excluding carboxylic acids is 2. The number of aromatic nitrogens is 1. The first-order valence-electron chi connectivity index (χ1n) is 10.8. The van der Waals surface area contributed by atoms with E-state index in [0.29, 0.717) is 37.6 Å². The van der Waals surface area contributed by atoms with Crippen LogP contribution >= 0.6 is 0 Å². The highest BCUT2D eigenvalue weighted by molar-refractivity contribution is 5.90. The molecule has 0 saturated carbocycles. The molecule has 2 amide bonds. The van der Waals surface area contributed by atoms with Gasteiger partial charge in [0.1, 0.15) is 11.9 Å². The Balaban J connectivity index is 1.31. The number of nitrogens with two attached hydrogens (primary N) is 1. The van der Waals surface area contributed by atoms with Crippen LogP contribution in [0.3, 0.4) is 0 Å². The second kappa shape index (κ2) is 10.6. The average molecular weight is 458 g/mol. The predicted octanol–water partition coefficient (Wildman–Crippen LogP) is 0.875. The van der Waals surface area contributed by atoms with Crippen molar-refractivity contribution in [1.82, 2.24) is 15.4 Å². The highest BCUT2D eigenvalue weighted by atomic mass is 19.1. The minimum absolute atomic E-state index is 0.126. The number of hydrogen-bond donors (Lipinski definition) is 2. The molecule has 1 atom stereocenters. The van der Waals surface area contributed by atoms with Crippen molar-refractivity contribution >= 4 is 23.4 Å². The minimum atomic E-state index is -0.535. The largest absolute Gasteiger partial charge is 0.443 e. The molecular formula is C22H27FN6O4. The van der Waals surface area contributed by atoms with Gasteiger partial charge in [-0.2, -0.15) is 0 Å². The summed E-state index contributed by atoms with van der Waals surface area (Å²) < 4.78 is 20.1. The summed E-state index contributed by atoms with van der Waals surface area (Å²) in [5, 5.41) is 4.41. The quantitative estimate of drug-likeness (QED) is 0.629. The van der Waals surface area contributed by atoms with Crippen LogP contribution in [0.25, 0.3) is 0 Å². The molecule has 3 N–H and O–H groups in total. The molecule has 0 aliphatic carbocycles. The SMILES string of the molecule is NC[C@H]1CN(c2ccc(N3CCON(C(=O)CNCc4ccncc4)CC3)c(F)c2)C(=O)O1. The second-order valence-electron chi connectivity index (χ2n) is 7.76. The molecule has 0 spiro atoms. The van der Waals surface area contributed by atoms with E-state index in [1.54, 1.807) is 24.5 Å². The number of halogens is 1. The second-order valence-corrected chi connectivity index (χ2v) is 7.76. The number of pyridine rings is 1. The Labute approximate surface area is 191 Å². The van der Waals surface area contributed by atoms with Crippen LogP contribution in [0.5, 0.6) is 0 Å². The number of amides is 2. The molecule has 0 unspecified atom stereocenters. The molecule has 10 nitrogen and oxygen atoms in total. The standard InChI is InChI=1S/C22H27FN6O4/c23-19-11-17(28-15-18(12-24)33-22(28)31)1-2-20(19)27-7-8-29(32-10-9-27)21(30)14-26-13-16-3-5-25-6-4-16/h1-6,11,18,26H,7-10,12-15,24H2/t18-/m0/s1. The van der Waals surface area contributed by atoms with Gasteiger partial charge >= 0.3 is 6.09 Å². The fourth-order valence-corrected chi connectivity index (χ4v) is 3.76. The van der Waals surface area contributed by atoms with Crippen LogP contribution in [-0.4, -0.2) is 74.0 Å². The molecule has 1 aromatic heterocycles. The molecule has 2 fully saturated rings. The number of nitrogens with one attached hydrogen (secondary N) is 1. The predicted molar refractivity (Wildman–Crippen MR) is 119 cm³/mol. The number of rotatable bonds is 7. The van der Waals surface area contributed by atoms with E-state index in [2.05, 4.69) is 10.3 Å². The third kappa shape index (κ3) is 5.56. The Morgan fingerprint density at radius 3 is 2.76 bits per heavy atom. The van der Waals surface area contributed by atoms with Crippen LogP contribution < -0.4 is 20.9 Å². The third-order valence-electron chi connectivity index (χ3n) is 5.53. The highest BCUT2D eigenvalue weighted by Crippen LogP contribution is 2.28. The van der Waals surface area contributed by atoms with Gasteiger partial charge in [-0.3, -0.25) is 19.5 Å². The number of ether oxygens (including phenoxy) is 1. The zero-order valence-electron chi connectivity index (χ0n) is 18.2. The molecule has 11 heteroatoms. The number of cyclic esters (lactones) is 1. The van der Waals surface area contributed by atoms with Crippen molar-refractivity contribution in [3.63, 3.8) is 0 Å². The summed E-state index contributed by atoms with van der Waals surface area (Å²) in [6, 6.07) is 8.37. The van der Waals surface area contributed by atoms with Gasteiger partial charge < -0.3 is 20.7 Å². The monoisotopic (exact) mass is 458 g/mol. The van der Waals surface area contributed by atoms with E-state index in [-0.39, 0.29) is 32.1 Å². The molecule has 0 bridgehead atoms. The summed E-state index contributed by atoms with van der Waals surface area (Å²) in [5.41, 5.74) is 7.39. The van der Waals surface area contributed by atoms with E-state index in [1.807, 2.05) is 17.0 Å². The molecule has 2 aromatic rings. The van der Waals surface area contributed by atoms with Gasteiger partial charge in [0, 0.05) is 38.6 Å². The van der Waals surface area contributed by atoms with Gasteiger partial charge in [0.25, 0.3) is 5.91 Å². The number of hydroxylamine groups is 2. The van der Waals surface area contributed by atoms with Crippen LogP contribution in [0.15, 0.2) is 42.7 Å². The molecule has 1 aromatic carbocycles. The first kappa shape index (κ1) is 22.9. The maximum atomic E-state index is 14.9. The van der Waals surface area contributed by atoms with E-state index in [9.17, 15) is 14.0 Å².